The van der Waals surface area contributed by atoms with Gasteiger partial charge in [0.25, 0.3) is 10.1 Å². The highest BCUT2D eigenvalue weighted by Crippen LogP contribution is 2.39. The molecular weight excluding hydrogens is 589 g/mol. The highest BCUT2D eigenvalue weighted by Gasteiger charge is 2.45. The molecule has 3 saturated heterocycles. The molecule has 0 radical (unpaired) electrons. The SMILES string of the molecule is CCS(=O)(=O)N1[C@@H]2CCC[C@H]1CC(N(C)c1nc(COS(C)(=O)=O)c(F)c(Nc3cc(C)n(C4CCCCO4)n3)n1)C2. The third-order valence-electron chi connectivity index (χ3n) is 8.35. The van der Waals surface area contributed by atoms with E-state index in [2.05, 4.69) is 20.4 Å². The van der Waals surface area contributed by atoms with Crippen LogP contribution in [0.2, 0.25) is 0 Å². The molecule has 0 aliphatic carbocycles. The summed E-state index contributed by atoms with van der Waals surface area (Å²) in [5.41, 5.74) is 0.606. The van der Waals surface area contributed by atoms with Crippen LogP contribution in [0.1, 0.15) is 75.9 Å². The molecule has 3 fully saturated rings. The zero-order valence-corrected chi connectivity index (χ0v) is 26.1. The monoisotopic (exact) mass is 629 g/mol. The number of piperidine rings is 2. The fraction of sp³-hybridized carbons (Fsp3) is 0.731. The van der Waals surface area contributed by atoms with E-state index in [4.69, 9.17) is 8.92 Å². The first kappa shape index (κ1) is 31.0. The van der Waals surface area contributed by atoms with Crippen molar-refractivity contribution in [3.05, 3.63) is 23.3 Å². The molecule has 0 spiro atoms. The van der Waals surface area contributed by atoms with Crippen LogP contribution >= 0.6 is 0 Å². The van der Waals surface area contributed by atoms with Crippen LogP contribution in [0, 0.1) is 12.7 Å². The number of nitrogens with zero attached hydrogens (tertiary/aromatic N) is 6. The Balaban J connectivity index is 1.44. The predicted molar refractivity (Wildman–Crippen MR) is 155 cm³/mol. The van der Waals surface area contributed by atoms with E-state index in [1.54, 1.807) is 29.0 Å². The highest BCUT2D eigenvalue weighted by molar-refractivity contribution is 7.89. The Kier molecular flexibility index (Phi) is 9.09. The van der Waals surface area contributed by atoms with Gasteiger partial charge in [-0.1, -0.05) is 6.42 Å². The van der Waals surface area contributed by atoms with Crippen molar-refractivity contribution in [3.8, 4) is 0 Å². The predicted octanol–water partition coefficient (Wildman–Crippen LogP) is 3.21. The minimum Gasteiger partial charge on any atom is -0.357 e. The van der Waals surface area contributed by atoms with Crippen molar-refractivity contribution in [1.29, 1.82) is 0 Å². The van der Waals surface area contributed by atoms with Gasteiger partial charge < -0.3 is 15.0 Å². The lowest BCUT2D eigenvalue weighted by Crippen LogP contribution is -2.58. The van der Waals surface area contributed by atoms with Crippen molar-refractivity contribution in [2.75, 3.05) is 35.9 Å². The van der Waals surface area contributed by atoms with Crippen LogP contribution < -0.4 is 10.2 Å². The second-order valence-corrected chi connectivity index (χ2v) is 15.2. The van der Waals surface area contributed by atoms with Crippen molar-refractivity contribution in [2.45, 2.75) is 96.2 Å². The lowest BCUT2D eigenvalue weighted by atomic mass is 9.83. The van der Waals surface area contributed by atoms with E-state index >= 15 is 4.39 Å². The van der Waals surface area contributed by atoms with E-state index in [-0.39, 0.29) is 47.6 Å². The standard InChI is InChI=1S/C26H40FN7O6S2/c1-5-42(37,38)34-18-9-8-10-19(34)15-20(14-18)32(3)26-28-21(16-40-41(4,35)36)24(27)25(30-26)29-22-13-17(2)33(31-22)23-11-6-7-12-39-23/h13,18-20,23H,5-12,14-16H2,1-4H3,(H,28,29,30,31)/t18-,19+,20?,23?. The second kappa shape index (κ2) is 12.3. The first-order valence-corrected chi connectivity index (χ1v) is 17.9. The molecule has 2 bridgehead atoms. The average Bonchev–Trinajstić information content (AvgIpc) is 3.32. The number of ether oxygens (including phenoxy) is 1. The summed E-state index contributed by atoms with van der Waals surface area (Å²) in [5.74, 6) is -0.428. The number of aryl methyl sites for hydroxylation is 1. The lowest BCUT2D eigenvalue weighted by molar-refractivity contribution is -0.0404. The van der Waals surface area contributed by atoms with Crippen LogP contribution in [0.4, 0.5) is 22.0 Å². The number of rotatable bonds is 10. The molecule has 5 heterocycles. The van der Waals surface area contributed by atoms with E-state index in [9.17, 15) is 16.8 Å². The van der Waals surface area contributed by atoms with E-state index < -0.39 is 32.6 Å². The van der Waals surface area contributed by atoms with E-state index in [1.807, 2.05) is 11.8 Å². The van der Waals surface area contributed by atoms with Gasteiger partial charge in [0.2, 0.25) is 16.0 Å². The van der Waals surface area contributed by atoms with Gasteiger partial charge in [-0.15, -0.1) is 0 Å². The number of hydrogen-bond donors (Lipinski definition) is 1. The Morgan fingerprint density at radius 3 is 2.45 bits per heavy atom. The van der Waals surface area contributed by atoms with Crippen molar-refractivity contribution >= 4 is 37.7 Å². The number of hydrogen-bond acceptors (Lipinski definition) is 11. The van der Waals surface area contributed by atoms with Gasteiger partial charge in [-0.3, -0.25) is 4.18 Å². The summed E-state index contributed by atoms with van der Waals surface area (Å²) < 4.78 is 79.0. The topological polar surface area (TPSA) is 149 Å². The molecule has 2 unspecified atom stereocenters. The Bertz CT molecular complexity index is 1480. The van der Waals surface area contributed by atoms with E-state index in [0.717, 1.165) is 50.5 Å². The van der Waals surface area contributed by atoms with Crippen molar-refractivity contribution in [3.63, 3.8) is 0 Å². The molecule has 4 atom stereocenters. The molecule has 0 saturated carbocycles. The summed E-state index contributed by atoms with van der Waals surface area (Å²) in [6, 6.07) is 1.40. The van der Waals surface area contributed by atoms with Crippen LogP contribution in [-0.2, 0) is 35.7 Å². The smallest absolute Gasteiger partial charge is 0.264 e. The molecule has 1 N–H and O–H groups in total. The summed E-state index contributed by atoms with van der Waals surface area (Å²) >= 11 is 0. The Hall–Kier alpha value is -2.40. The maximum atomic E-state index is 15.7. The Morgan fingerprint density at radius 1 is 1.12 bits per heavy atom. The Morgan fingerprint density at radius 2 is 1.83 bits per heavy atom. The van der Waals surface area contributed by atoms with Gasteiger partial charge in [0.1, 0.15) is 12.3 Å². The summed E-state index contributed by atoms with van der Waals surface area (Å²) in [4.78, 5) is 10.7. The van der Waals surface area contributed by atoms with E-state index in [0.29, 0.717) is 25.3 Å². The molecule has 3 aliphatic heterocycles. The molecule has 234 valence electrons. The minimum absolute atomic E-state index is 0.0579. The number of sulfonamides is 1. The van der Waals surface area contributed by atoms with Crippen molar-refractivity contribution in [1.82, 2.24) is 24.1 Å². The van der Waals surface area contributed by atoms with Crippen LogP contribution in [0.15, 0.2) is 6.07 Å². The summed E-state index contributed by atoms with van der Waals surface area (Å²) in [6.07, 6.45) is 7.21. The van der Waals surface area contributed by atoms with Gasteiger partial charge >= 0.3 is 0 Å². The van der Waals surface area contributed by atoms with Crippen LogP contribution in [0.25, 0.3) is 0 Å². The van der Waals surface area contributed by atoms with Gasteiger partial charge in [-0.25, -0.2) is 22.5 Å². The molecule has 2 aromatic heterocycles. The zero-order chi connectivity index (χ0) is 30.2. The van der Waals surface area contributed by atoms with Crippen molar-refractivity contribution in [2.24, 2.45) is 0 Å². The van der Waals surface area contributed by atoms with Gasteiger partial charge in [0, 0.05) is 43.5 Å². The maximum absolute atomic E-state index is 15.7. The van der Waals surface area contributed by atoms with Gasteiger partial charge in [-0.05, 0) is 58.8 Å². The third-order valence-corrected chi connectivity index (χ3v) is 10.9. The largest absolute Gasteiger partial charge is 0.357 e. The fourth-order valence-corrected chi connectivity index (χ4v) is 8.17. The number of halogens is 1. The number of nitrogens with one attached hydrogen (secondary N) is 1. The molecule has 2 aromatic rings. The first-order valence-electron chi connectivity index (χ1n) is 14.5. The fourth-order valence-electron chi connectivity index (χ4n) is 6.25. The molecule has 0 aromatic carbocycles. The summed E-state index contributed by atoms with van der Waals surface area (Å²) in [5, 5.41) is 7.53. The highest BCUT2D eigenvalue weighted by atomic mass is 32.2. The number of anilines is 3. The van der Waals surface area contributed by atoms with Crippen LogP contribution in [-0.4, -0.2) is 84.7 Å². The minimum atomic E-state index is -3.87. The third kappa shape index (κ3) is 6.72. The lowest BCUT2D eigenvalue weighted by Gasteiger charge is -2.49. The zero-order valence-electron chi connectivity index (χ0n) is 24.5. The molecule has 16 heteroatoms. The van der Waals surface area contributed by atoms with Crippen LogP contribution in [0.5, 0.6) is 0 Å². The Labute approximate surface area is 247 Å². The molecular formula is C26H40FN7O6S2. The van der Waals surface area contributed by atoms with Gasteiger partial charge in [0.05, 0.1) is 12.0 Å². The van der Waals surface area contributed by atoms with Gasteiger partial charge in [-0.2, -0.15) is 22.8 Å². The second-order valence-electron chi connectivity index (χ2n) is 11.4. The molecule has 5 rings (SSSR count). The average molecular weight is 630 g/mol. The normalized spacial score (nSPS) is 25.4. The molecule has 13 nitrogen and oxygen atoms in total. The molecule has 0 amide bonds. The maximum Gasteiger partial charge on any atom is 0.264 e. The van der Waals surface area contributed by atoms with Crippen molar-refractivity contribution < 1.29 is 30.1 Å². The summed E-state index contributed by atoms with van der Waals surface area (Å²) in [6.45, 7) is 3.60. The quantitative estimate of drug-likeness (QED) is 0.386. The molecule has 42 heavy (non-hydrogen) atoms. The van der Waals surface area contributed by atoms with Crippen LogP contribution in [0.3, 0.4) is 0 Å². The first-order chi connectivity index (χ1) is 19.9. The summed E-state index contributed by atoms with van der Waals surface area (Å²) in [7, 11) is -5.42. The van der Waals surface area contributed by atoms with Gasteiger partial charge in [0.15, 0.2) is 23.7 Å². The number of aromatic nitrogens is 4. The molecule has 3 aliphatic rings. The number of fused-ring (bicyclic) bond motifs is 2. The van der Waals surface area contributed by atoms with E-state index in [1.165, 1.54) is 0 Å².